The van der Waals surface area contributed by atoms with Crippen LogP contribution in [0.3, 0.4) is 0 Å². The zero-order valence-corrected chi connectivity index (χ0v) is 18.2. The molecular formula is C24H24N6S. The Morgan fingerprint density at radius 2 is 1.71 bits per heavy atom. The summed E-state index contributed by atoms with van der Waals surface area (Å²) in [5.74, 6) is 0.893. The van der Waals surface area contributed by atoms with Crippen LogP contribution >= 0.6 is 11.8 Å². The molecule has 2 heterocycles. The van der Waals surface area contributed by atoms with Gasteiger partial charge in [0.05, 0.1) is 5.69 Å². The van der Waals surface area contributed by atoms with Gasteiger partial charge < -0.3 is 9.88 Å². The van der Waals surface area contributed by atoms with E-state index in [4.69, 9.17) is 0 Å². The highest BCUT2D eigenvalue weighted by molar-refractivity contribution is 7.99. The molecule has 2 aromatic heterocycles. The SMILES string of the molecule is CCn1c2ccccc2c2cc(CNCCSc3nnnn3-c3ccccc3)ccc21. The number of aromatic nitrogens is 5. The van der Waals surface area contributed by atoms with Gasteiger partial charge in [0.25, 0.3) is 0 Å². The average molecular weight is 429 g/mol. The maximum Gasteiger partial charge on any atom is 0.214 e. The minimum Gasteiger partial charge on any atom is -0.341 e. The fraction of sp³-hybridized carbons (Fsp3) is 0.208. The number of nitrogens with zero attached hydrogens (tertiary/aromatic N) is 5. The molecule has 0 saturated heterocycles. The van der Waals surface area contributed by atoms with Crippen LogP contribution in [-0.2, 0) is 13.1 Å². The van der Waals surface area contributed by atoms with Crippen molar-refractivity contribution in [2.45, 2.75) is 25.2 Å². The fourth-order valence-corrected chi connectivity index (χ4v) is 4.79. The summed E-state index contributed by atoms with van der Waals surface area (Å²) in [4.78, 5) is 0. The molecule has 0 spiro atoms. The van der Waals surface area contributed by atoms with Gasteiger partial charge in [0.15, 0.2) is 0 Å². The molecule has 6 nitrogen and oxygen atoms in total. The van der Waals surface area contributed by atoms with Gasteiger partial charge in [-0.3, -0.25) is 0 Å². The Morgan fingerprint density at radius 1 is 0.903 bits per heavy atom. The van der Waals surface area contributed by atoms with E-state index in [1.54, 1.807) is 16.4 Å². The molecule has 0 aliphatic rings. The minimum absolute atomic E-state index is 0.807. The van der Waals surface area contributed by atoms with Gasteiger partial charge in [-0.15, -0.1) is 5.10 Å². The fourth-order valence-electron chi connectivity index (χ4n) is 4.00. The zero-order chi connectivity index (χ0) is 21.0. The van der Waals surface area contributed by atoms with Crippen molar-refractivity contribution in [1.29, 1.82) is 0 Å². The highest BCUT2D eigenvalue weighted by Crippen LogP contribution is 2.29. The zero-order valence-electron chi connectivity index (χ0n) is 17.4. The van der Waals surface area contributed by atoms with E-state index in [0.29, 0.717) is 0 Å². The van der Waals surface area contributed by atoms with Crippen LogP contribution < -0.4 is 5.32 Å². The molecule has 5 aromatic rings. The first-order valence-corrected chi connectivity index (χ1v) is 11.5. The van der Waals surface area contributed by atoms with Gasteiger partial charge in [-0.2, -0.15) is 4.68 Å². The van der Waals surface area contributed by atoms with Gasteiger partial charge in [0.1, 0.15) is 0 Å². The van der Waals surface area contributed by atoms with Crippen molar-refractivity contribution in [2.75, 3.05) is 12.3 Å². The third-order valence-electron chi connectivity index (χ3n) is 5.43. The Bertz CT molecular complexity index is 1310. The number of benzene rings is 3. The second kappa shape index (κ2) is 8.91. The lowest BCUT2D eigenvalue weighted by Crippen LogP contribution is -2.16. The van der Waals surface area contributed by atoms with Gasteiger partial charge in [-0.25, -0.2) is 0 Å². The minimum atomic E-state index is 0.807. The first-order chi connectivity index (χ1) is 15.3. The molecule has 0 bridgehead atoms. The number of hydrogen-bond acceptors (Lipinski definition) is 5. The third kappa shape index (κ3) is 3.94. The first-order valence-electron chi connectivity index (χ1n) is 10.5. The molecule has 1 N–H and O–H groups in total. The lowest BCUT2D eigenvalue weighted by atomic mass is 10.1. The quantitative estimate of drug-likeness (QED) is 0.287. The number of thioether (sulfide) groups is 1. The molecule has 5 rings (SSSR count). The smallest absolute Gasteiger partial charge is 0.214 e. The highest BCUT2D eigenvalue weighted by atomic mass is 32.2. The van der Waals surface area contributed by atoms with E-state index >= 15 is 0 Å². The number of tetrazole rings is 1. The lowest BCUT2D eigenvalue weighted by molar-refractivity contribution is 0.728. The summed E-state index contributed by atoms with van der Waals surface area (Å²) in [5.41, 5.74) is 4.88. The molecule has 0 unspecified atom stereocenters. The highest BCUT2D eigenvalue weighted by Gasteiger charge is 2.10. The van der Waals surface area contributed by atoms with Crippen LogP contribution in [-0.4, -0.2) is 37.1 Å². The van der Waals surface area contributed by atoms with Crippen LogP contribution in [0.5, 0.6) is 0 Å². The molecule has 0 aliphatic carbocycles. The summed E-state index contributed by atoms with van der Waals surface area (Å²) in [6, 6.07) is 25.4. The molecule has 156 valence electrons. The molecule has 0 fully saturated rings. The van der Waals surface area contributed by atoms with Crippen molar-refractivity contribution >= 4 is 33.6 Å². The number of para-hydroxylation sites is 2. The molecule has 7 heteroatoms. The maximum atomic E-state index is 4.16. The average Bonchev–Trinajstić information content (AvgIpc) is 3.41. The predicted molar refractivity (Wildman–Crippen MR) is 127 cm³/mol. The molecule has 31 heavy (non-hydrogen) atoms. The molecule has 0 aliphatic heterocycles. The van der Waals surface area contributed by atoms with E-state index in [9.17, 15) is 0 Å². The van der Waals surface area contributed by atoms with E-state index < -0.39 is 0 Å². The molecule has 0 amide bonds. The van der Waals surface area contributed by atoms with E-state index in [-0.39, 0.29) is 0 Å². The van der Waals surface area contributed by atoms with Crippen LogP contribution in [0.1, 0.15) is 12.5 Å². The Balaban J connectivity index is 1.22. The van der Waals surface area contributed by atoms with E-state index in [1.807, 2.05) is 30.3 Å². The van der Waals surface area contributed by atoms with Crippen LogP contribution in [0.15, 0.2) is 78.0 Å². The number of aryl methyl sites for hydroxylation is 1. The monoisotopic (exact) mass is 428 g/mol. The largest absolute Gasteiger partial charge is 0.341 e. The summed E-state index contributed by atoms with van der Waals surface area (Å²) < 4.78 is 4.16. The van der Waals surface area contributed by atoms with Crippen molar-refractivity contribution < 1.29 is 0 Å². The second-order valence-corrected chi connectivity index (χ2v) is 8.41. The summed E-state index contributed by atoms with van der Waals surface area (Å²) >= 11 is 1.66. The number of hydrogen-bond donors (Lipinski definition) is 1. The van der Waals surface area contributed by atoms with E-state index in [2.05, 4.69) is 74.8 Å². The molecule has 3 aromatic carbocycles. The maximum absolute atomic E-state index is 4.16. The van der Waals surface area contributed by atoms with Gasteiger partial charge in [0.2, 0.25) is 5.16 Å². The Labute approximate surface area is 185 Å². The van der Waals surface area contributed by atoms with Crippen LogP contribution in [0.25, 0.3) is 27.5 Å². The summed E-state index contributed by atoms with van der Waals surface area (Å²) in [5, 5.41) is 19.1. The third-order valence-corrected chi connectivity index (χ3v) is 6.35. The number of fused-ring (bicyclic) bond motifs is 3. The van der Waals surface area contributed by atoms with Crippen molar-refractivity contribution in [1.82, 2.24) is 30.1 Å². The van der Waals surface area contributed by atoms with Gasteiger partial charge >= 0.3 is 0 Å². The topological polar surface area (TPSA) is 60.6 Å². The van der Waals surface area contributed by atoms with Gasteiger partial charge in [0, 0.05) is 47.2 Å². The molecule has 0 atom stereocenters. The normalized spacial score (nSPS) is 11.5. The van der Waals surface area contributed by atoms with Crippen LogP contribution in [0, 0.1) is 0 Å². The Kier molecular flexibility index (Phi) is 5.69. The molecule has 0 saturated carbocycles. The van der Waals surface area contributed by atoms with Crippen molar-refractivity contribution in [3.05, 3.63) is 78.4 Å². The predicted octanol–water partition coefficient (Wildman–Crippen LogP) is 4.67. The van der Waals surface area contributed by atoms with Gasteiger partial charge in [-0.05, 0) is 53.2 Å². The second-order valence-electron chi connectivity index (χ2n) is 7.35. The van der Waals surface area contributed by atoms with E-state index in [1.165, 1.54) is 27.4 Å². The first kappa shape index (κ1) is 19.8. The summed E-state index contributed by atoms with van der Waals surface area (Å²) in [6.45, 7) is 4.89. The summed E-state index contributed by atoms with van der Waals surface area (Å²) in [7, 11) is 0. The Hall–Kier alpha value is -3.16. The van der Waals surface area contributed by atoms with Crippen molar-refractivity contribution in [3.8, 4) is 5.69 Å². The van der Waals surface area contributed by atoms with Crippen LogP contribution in [0.4, 0.5) is 0 Å². The lowest BCUT2D eigenvalue weighted by Gasteiger charge is -2.07. The number of rotatable bonds is 8. The van der Waals surface area contributed by atoms with Crippen molar-refractivity contribution in [3.63, 3.8) is 0 Å². The standard InChI is InChI=1S/C24H24N6S/c1-2-29-22-11-7-6-10-20(22)21-16-18(12-13-23(21)29)17-25-14-15-31-24-26-27-28-30(24)19-8-4-3-5-9-19/h3-13,16,25H,2,14-15,17H2,1H3. The number of nitrogens with one attached hydrogen (secondary N) is 1. The van der Waals surface area contributed by atoms with E-state index in [0.717, 1.165) is 36.2 Å². The Morgan fingerprint density at radius 3 is 2.58 bits per heavy atom. The summed E-state index contributed by atoms with van der Waals surface area (Å²) in [6.07, 6.45) is 0. The molecular weight excluding hydrogens is 404 g/mol. The molecule has 0 radical (unpaired) electrons. The van der Waals surface area contributed by atoms with Crippen LogP contribution in [0.2, 0.25) is 0 Å². The van der Waals surface area contributed by atoms with Gasteiger partial charge in [-0.1, -0.05) is 54.2 Å². The van der Waals surface area contributed by atoms with Crippen molar-refractivity contribution in [2.24, 2.45) is 0 Å².